The molecule has 0 aliphatic carbocycles. The molecule has 0 spiro atoms. The standard InChI is InChI=1S/C10H22N2/c1-6-7-8-9(2)11-12-10(3,4)5/h12H,6-8H2,1-5H3. The van der Waals surface area contributed by atoms with Crippen molar-refractivity contribution in [3.63, 3.8) is 0 Å². The molecule has 0 aliphatic heterocycles. The highest BCUT2D eigenvalue weighted by Gasteiger charge is 2.06. The first kappa shape index (κ1) is 11.5. The molecule has 0 saturated heterocycles. The lowest BCUT2D eigenvalue weighted by molar-refractivity contribution is 0.440. The van der Waals surface area contributed by atoms with Crippen LogP contribution in [0.5, 0.6) is 0 Å². The third-order valence-electron chi connectivity index (χ3n) is 1.47. The van der Waals surface area contributed by atoms with Crippen LogP contribution in [0.25, 0.3) is 0 Å². The second-order valence-electron chi connectivity index (χ2n) is 4.31. The molecule has 0 amide bonds. The third kappa shape index (κ3) is 7.58. The van der Waals surface area contributed by atoms with Crippen molar-refractivity contribution in [3.8, 4) is 0 Å². The number of hydrogen-bond donors (Lipinski definition) is 1. The van der Waals surface area contributed by atoms with Gasteiger partial charge in [-0.25, -0.2) is 0 Å². The average Bonchev–Trinajstić information content (AvgIpc) is 1.95. The van der Waals surface area contributed by atoms with Gasteiger partial charge in [-0.15, -0.1) is 0 Å². The molecule has 0 bridgehead atoms. The lowest BCUT2D eigenvalue weighted by Gasteiger charge is -2.18. The number of hydrazone groups is 1. The number of hydrogen-bond acceptors (Lipinski definition) is 2. The van der Waals surface area contributed by atoms with Gasteiger partial charge in [-0.3, -0.25) is 0 Å². The number of unbranched alkanes of at least 4 members (excludes halogenated alkanes) is 1. The van der Waals surface area contributed by atoms with Crippen LogP contribution in [-0.4, -0.2) is 11.3 Å². The van der Waals surface area contributed by atoms with Crippen LogP contribution in [0.2, 0.25) is 0 Å². The Labute approximate surface area is 76.4 Å². The minimum Gasteiger partial charge on any atom is -0.305 e. The Hall–Kier alpha value is -0.530. The van der Waals surface area contributed by atoms with Crippen LogP contribution in [0.1, 0.15) is 53.9 Å². The molecule has 0 heterocycles. The first-order chi connectivity index (χ1) is 5.45. The fourth-order valence-corrected chi connectivity index (χ4v) is 0.752. The van der Waals surface area contributed by atoms with E-state index < -0.39 is 0 Å². The van der Waals surface area contributed by atoms with Crippen molar-refractivity contribution in [3.05, 3.63) is 0 Å². The summed E-state index contributed by atoms with van der Waals surface area (Å²) >= 11 is 0. The summed E-state index contributed by atoms with van der Waals surface area (Å²) < 4.78 is 0. The molecule has 2 nitrogen and oxygen atoms in total. The lowest BCUT2D eigenvalue weighted by atomic mass is 10.1. The molecular formula is C10H22N2. The van der Waals surface area contributed by atoms with E-state index in [2.05, 4.69) is 45.1 Å². The van der Waals surface area contributed by atoms with Crippen molar-refractivity contribution in [1.82, 2.24) is 5.43 Å². The number of rotatable bonds is 4. The molecule has 2 heteroatoms. The SMILES string of the molecule is CCCCC(C)=NNC(C)(C)C. The minimum absolute atomic E-state index is 0.0907. The van der Waals surface area contributed by atoms with Gasteiger partial charge < -0.3 is 5.43 Å². The van der Waals surface area contributed by atoms with Crippen molar-refractivity contribution in [2.75, 3.05) is 0 Å². The molecule has 0 fully saturated rings. The van der Waals surface area contributed by atoms with Crippen molar-refractivity contribution in [2.24, 2.45) is 5.10 Å². The zero-order valence-corrected chi connectivity index (χ0v) is 9.07. The van der Waals surface area contributed by atoms with Gasteiger partial charge in [0.2, 0.25) is 0 Å². The fourth-order valence-electron chi connectivity index (χ4n) is 0.752. The minimum atomic E-state index is 0.0907. The Morgan fingerprint density at radius 1 is 1.33 bits per heavy atom. The van der Waals surface area contributed by atoms with Crippen molar-refractivity contribution in [1.29, 1.82) is 0 Å². The number of nitrogens with one attached hydrogen (secondary N) is 1. The maximum Gasteiger partial charge on any atom is 0.0464 e. The van der Waals surface area contributed by atoms with E-state index >= 15 is 0 Å². The van der Waals surface area contributed by atoms with Gasteiger partial charge in [-0.2, -0.15) is 5.10 Å². The van der Waals surface area contributed by atoms with Crippen LogP contribution in [0, 0.1) is 0 Å². The predicted octanol–water partition coefficient (Wildman–Crippen LogP) is 2.94. The molecule has 0 rings (SSSR count). The summed E-state index contributed by atoms with van der Waals surface area (Å²) in [5.41, 5.74) is 4.41. The van der Waals surface area contributed by atoms with E-state index in [9.17, 15) is 0 Å². The topological polar surface area (TPSA) is 24.4 Å². The first-order valence-electron chi connectivity index (χ1n) is 4.76. The smallest absolute Gasteiger partial charge is 0.0464 e. The van der Waals surface area contributed by atoms with Gasteiger partial charge in [0.15, 0.2) is 0 Å². The van der Waals surface area contributed by atoms with E-state index in [-0.39, 0.29) is 5.54 Å². The van der Waals surface area contributed by atoms with Crippen LogP contribution < -0.4 is 5.43 Å². The van der Waals surface area contributed by atoms with Gasteiger partial charge in [0.25, 0.3) is 0 Å². The molecule has 0 saturated carbocycles. The molecule has 0 aromatic heterocycles. The fraction of sp³-hybridized carbons (Fsp3) is 0.900. The Kier molecular flexibility index (Phi) is 4.95. The first-order valence-corrected chi connectivity index (χ1v) is 4.76. The lowest BCUT2D eigenvalue weighted by Crippen LogP contribution is -2.32. The monoisotopic (exact) mass is 170 g/mol. The summed E-state index contributed by atoms with van der Waals surface area (Å²) in [5, 5.41) is 4.30. The van der Waals surface area contributed by atoms with Crippen LogP contribution in [-0.2, 0) is 0 Å². The summed E-state index contributed by atoms with van der Waals surface area (Å²) in [6.07, 6.45) is 3.59. The van der Waals surface area contributed by atoms with Crippen molar-refractivity contribution >= 4 is 5.71 Å². The summed E-state index contributed by atoms with van der Waals surface area (Å²) in [6, 6.07) is 0. The van der Waals surface area contributed by atoms with E-state index in [1.54, 1.807) is 0 Å². The zero-order valence-electron chi connectivity index (χ0n) is 9.07. The van der Waals surface area contributed by atoms with E-state index in [1.807, 2.05) is 0 Å². The van der Waals surface area contributed by atoms with Crippen LogP contribution >= 0.6 is 0 Å². The second kappa shape index (κ2) is 5.18. The van der Waals surface area contributed by atoms with E-state index in [4.69, 9.17) is 0 Å². The molecule has 0 unspecified atom stereocenters. The van der Waals surface area contributed by atoms with E-state index in [1.165, 1.54) is 18.6 Å². The van der Waals surface area contributed by atoms with E-state index in [0.717, 1.165) is 6.42 Å². The van der Waals surface area contributed by atoms with Crippen molar-refractivity contribution in [2.45, 2.75) is 59.4 Å². The van der Waals surface area contributed by atoms with Crippen molar-refractivity contribution < 1.29 is 0 Å². The van der Waals surface area contributed by atoms with Gasteiger partial charge >= 0.3 is 0 Å². The van der Waals surface area contributed by atoms with Gasteiger partial charge in [-0.1, -0.05) is 13.3 Å². The molecule has 0 aromatic carbocycles. The van der Waals surface area contributed by atoms with Crippen LogP contribution in [0.15, 0.2) is 5.10 Å². The highest BCUT2D eigenvalue weighted by atomic mass is 15.3. The largest absolute Gasteiger partial charge is 0.305 e. The summed E-state index contributed by atoms with van der Waals surface area (Å²) in [7, 11) is 0. The quantitative estimate of drug-likeness (QED) is 0.509. The maximum atomic E-state index is 4.30. The predicted molar refractivity (Wildman–Crippen MR) is 55.5 cm³/mol. The highest BCUT2D eigenvalue weighted by molar-refractivity contribution is 5.81. The van der Waals surface area contributed by atoms with Gasteiger partial charge in [0, 0.05) is 11.3 Å². The molecule has 0 atom stereocenters. The average molecular weight is 170 g/mol. The molecule has 0 radical (unpaired) electrons. The van der Waals surface area contributed by atoms with Crippen LogP contribution in [0.4, 0.5) is 0 Å². The molecule has 0 aromatic rings. The Bertz CT molecular complexity index is 142. The number of nitrogens with zero attached hydrogens (tertiary/aromatic N) is 1. The Morgan fingerprint density at radius 3 is 2.33 bits per heavy atom. The maximum absolute atomic E-state index is 4.30. The molecule has 1 N–H and O–H groups in total. The summed E-state index contributed by atoms with van der Waals surface area (Å²) in [5.74, 6) is 0. The zero-order chi connectivity index (χ0) is 9.61. The van der Waals surface area contributed by atoms with Gasteiger partial charge in [0.05, 0.1) is 0 Å². The van der Waals surface area contributed by atoms with E-state index in [0.29, 0.717) is 0 Å². The molecular weight excluding hydrogens is 148 g/mol. The normalized spacial score (nSPS) is 13.2. The molecule has 12 heavy (non-hydrogen) atoms. The molecule has 72 valence electrons. The van der Waals surface area contributed by atoms with Gasteiger partial charge in [0.1, 0.15) is 0 Å². The summed E-state index contributed by atoms with van der Waals surface area (Å²) in [6.45, 7) is 10.6. The second-order valence-corrected chi connectivity index (χ2v) is 4.31. The Balaban J connectivity index is 3.69. The third-order valence-corrected chi connectivity index (χ3v) is 1.47. The Morgan fingerprint density at radius 2 is 1.92 bits per heavy atom. The molecule has 0 aliphatic rings. The van der Waals surface area contributed by atoms with Gasteiger partial charge in [-0.05, 0) is 40.5 Å². The highest BCUT2D eigenvalue weighted by Crippen LogP contribution is 2.00. The summed E-state index contributed by atoms with van der Waals surface area (Å²) in [4.78, 5) is 0. The van der Waals surface area contributed by atoms with Crippen LogP contribution in [0.3, 0.4) is 0 Å².